The van der Waals surface area contributed by atoms with Crippen molar-refractivity contribution in [2.24, 2.45) is 11.8 Å². The number of fused-ring (bicyclic) bond motifs is 1. The SMILES string of the molecule is COc1cc(N2CCCC2)c(OC)cc1[C@H]1C[C@@](C)(NC(C)=O)[C@@H]2CC[C@@H](C)C[C@H]2O1. The molecule has 1 saturated carbocycles. The molecular formula is C25H38N2O4. The van der Waals surface area contributed by atoms with Gasteiger partial charge < -0.3 is 24.4 Å². The van der Waals surface area contributed by atoms with Gasteiger partial charge in [-0.25, -0.2) is 0 Å². The Morgan fingerprint density at radius 3 is 2.52 bits per heavy atom. The molecule has 1 aliphatic carbocycles. The summed E-state index contributed by atoms with van der Waals surface area (Å²) in [7, 11) is 3.45. The van der Waals surface area contributed by atoms with E-state index in [1.165, 1.54) is 19.3 Å². The Labute approximate surface area is 186 Å². The molecule has 6 nitrogen and oxygen atoms in total. The summed E-state index contributed by atoms with van der Waals surface area (Å²) in [6.07, 6.45) is 6.42. The molecule has 0 bridgehead atoms. The lowest BCUT2D eigenvalue weighted by atomic mass is 9.66. The van der Waals surface area contributed by atoms with Gasteiger partial charge in [-0.15, -0.1) is 0 Å². The topological polar surface area (TPSA) is 60.0 Å². The van der Waals surface area contributed by atoms with E-state index in [0.717, 1.165) is 55.1 Å². The van der Waals surface area contributed by atoms with E-state index in [-0.39, 0.29) is 23.7 Å². The molecule has 3 aliphatic rings. The molecule has 2 saturated heterocycles. The van der Waals surface area contributed by atoms with Crippen LogP contribution in [0.25, 0.3) is 0 Å². The van der Waals surface area contributed by atoms with E-state index < -0.39 is 0 Å². The Kier molecular flexibility index (Phi) is 6.38. The van der Waals surface area contributed by atoms with Crippen molar-refractivity contribution >= 4 is 11.6 Å². The molecule has 1 aromatic rings. The first-order chi connectivity index (χ1) is 14.8. The van der Waals surface area contributed by atoms with Crippen molar-refractivity contribution in [3.05, 3.63) is 17.7 Å². The minimum absolute atomic E-state index is 0.0226. The van der Waals surface area contributed by atoms with Crippen LogP contribution in [0, 0.1) is 11.8 Å². The number of hydrogen-bond acceptors (Lipinski definition) is 5. The Balaban J connectivity index is 1.71. The third-order valence-electron chi connectivity index (χ3n) is 7.61. The zero-order valence-corrected chi connectivity index (χ0v) is 19.7. The van der Waals surface area contributed by atoms with E-state index in [1.54, 1.807) is 21.1 Å². The number of methoxy groups -OCH3 is 2. The fourth-order valence-electron chi connectivity index (χ4n) is 6.09. The van der Waals surface area contributed by atoms with Crippen LogP contribution in [-0.2, 0) is 9.53 Å². The molecule has 6 heteroatoms. The molecule has 4 rings (SSSR count). The van der Waals surface area contributed by atoms with Gasteiger partial charge in [0.15, 0.2) is 0 Å². The van der Waals surface area contributed by atoms with Crippen LogP contribution in [0.15, 0.2) is 12.1 Å². The van der Waals surface area contributed by atoms with E-state index >= 15 is 0 Å². The predicted molar refractivity (Wildman–Crippen MR) is 122 cm³/mol. The lowest BCUT2D eigenvalue weighted by Crippen LogP contribution is -2.60. The zero-order chi connectivity index (χ0) is 22.2. The largest absolute Gasteiger partial charge is 0.496 e. The second-order valence-electron chi connectivity index (χ2n) is 9.95. The number of benzene rings is 1. The van der Waals surface area contributed by atoms with Crippen molar-refractivity contribution in [2.45, 2.75) is 77.0 Å². The van der Waals surface area contributed by atoms with Crippen molar-refractivity contribution in [2.75, 3.05) is 32.2 Å². The quantitative estimate of drug-likeness (QED) is 0.747. The summed E-state index contributed by atoms with van der Waals surface area (Å²) in [5.41, 5.74) is 1.80. The fourth-order valence-corrected chi connectivity index (χ4v) is 6.09. The monoisotopic (exact) mass is 430 g/mol. The molecule has 0 aromatic heterocycles. The lowest BCUT2D eigenvalue weighted by molar-refractivity contribution is -0.153. The Hall–Kier alpha value is -1.95. The molecular weight excluding hydrogens is 392 g/mol. The summed E-state index contributed by atoms with van der Waals surface area (Å²) < 4.78 is 18.4. The standard InChI is InChI=1S/C25H38N2O4/c1-16-8-9-19-22(12-16)31-24(15-25(19,3)26-17(2)28)18-13-23(30-5)20(14-21(18)29-4)27-10-6-7-11-27/h13-14,16,19,22,24H,6-12,15H2,1-5H3,(H,26,28)/t16-,19-,22-,24-,25-/m1/s1. The molecule has 31 heavy (non-hydrogen) atoms. The van der Waals surface area contributed by atoms with Crippen LogP contribution < -0.4 is 19.7 Å². The van der Waals surface area contributed by atoms with Gasteiger partial charge in [0.25, 0.3) is 0 Å². The average Bonchev–Trinajstić information content (AvgIpc) is 3.26. The van der Waals surface area contributed by atoms with Crippen molar-refractivity contribution in [3.8, 4) is 11.5 Å². The van der Waals surface area contributed by atoms with Crippen LogP contribution in [0.4, 0.5) is 5.69 Å². The highest BCUT2D eigenvalue weighted by molar-refractivity contribution is 5.74. The van der Waals surface area contributed by atoms with Gasteiger partial charge in [-0.2, -0.15) is 0 Å². The van der Waals surface area contributed by atoms with Gasteiger partial charge in [0.1, 0.15) is 11.5 Å². The first-order valence-corrected chi connectivity index (χ1v) is 11.8. The summed E-state index contributed by atoms with van der Waals surface area (Å²) in [6.45, 7) is 8.19. The van der Waals surface area contributed by atoms with Crippen molar-refractivity contribution < 1.29 is 19.0 Å². The maximum Gasteiger partial charge on any atom is 0.217 e. The van der Waals surface area contributed by atoms with Gasteiger partial charge in [-0.05, 0) is 44.6 Å². The van der Waals surface area contributed by atoms with Gasteiger partial charge in [-0.1, -0.05) is 13.3 Å². The van der Waals surface area contributed by atoms with Crippen LogP contribution >= 0.6 is 0 Å². The number of hydrogen-bond donors (Lipinski definition) is 1. The molecule has 1 amide bonds. The number of amides is 1. The zero-order valence-electron chi connectivity index (χ0n) is 19.7. The summed E-state index contributed by atoms with van der Waals surface area (Å²) in [5, 5.41) is 3.29. The van der Waals surface area contributed by atoms with Crippen molar-refractivity contribution in [1.29, 1.82) is 0 Å². The second-order valence-corrected chi connectivity index (χ2v) is 9.95. The van der Waals surface area contributed by atoms with Gasteiger partial charge in [-0.3, -0.25) is 4.79 Å². The summed E-state index contributed by atoms with van der Waals surface area (Å²) in [6, 6.07) is 4.20. The van der Waals surface area contributed by atoms with Crippen LogP contribution in [0.2, 0.25) is 0 Å². The minimum atomic E-state index is -0.300. The minimum Gasteiger partial charge on any atom is -0.496 e. The number of rotatable bonds is 5. The fraction of sp³-hybridized carbons (Fsp3) is 0.720. The van der Waals surface area contributed by atoms with E-state index in [4.69, 9.17) is 14.2 Å². The number of nitrogens with zero attached hydrogens (tertiary/aromatic N) is 1. The van der Waals surface area contributed by atoms with Crippen LogP contribution in [0.1, 0.15) is 71.0 Å². The van der Waals surface area contributed by atoms with Gasteiger partial charge in [0.2, 0.25) is 5.91 Å². The van der Waals surface area contributed by atoms with Crippen molar-refractivity contribution in [1.82, 2.24) is 5.32 Å². The molecule has 3 fully saturated rings. The molecule has 2 aliphatic heterocycles. The summed E-state index contributed by atoms with van der Waals surface area (Å²) in [4.78, 5) is 14.5. The third-order valence-corrected chi connectivity index (χ3v) is 7.61. The first-order valence-electron chi connectivity index (χ1n) is 11.8. The lowest BCUT2D eigenvalue weighted by Gasteiger charge is -2.52. The van der Waals surface area contributed by atoms with E-state index in [0.29, 0.717) is 11.8 Å². The van der Waals surface area contributed by atoms with Crippen LogP contribution in [0.3, 0.4) is 0 Å². The maximum absolute atomic E-state index is 12.1. The smallest absolute Gasteiger partial charge is 0.217 e. The number of anilines is 1. The van der Waals surface area contributed by atoms with Crippen LogP contribution in [0.5, 0.6) is 11.5 Å². The van der Waals surface area contributed by atoms with E-state index in [2.05, 4.69) is 36.2 Å². The summed E-state index contributed by atoms with van der Waals surface area (Å²) >= 11 is 0. The Morgan fingerprint density at radius 2 is 1.87 bits per heavy atom. The number of ether oxygens (including phenoxy) is 3. The molecule has 172 valence electrons. The maximum atomic E-state index is 12.1. The highest BCUT2D eigenvalue weighted by atomic mass is 16.5. The third kappa shape index (κ3) is 4.36. The van der Waals surface area contributed by atoms with E-state index in [9.17, 15) is 4.79 Å². The highest BCUT2D eigenvalue weighted by Gasteiger charge is 2.49. The Morgan fingerprint density at radius 1 is 1.16 bits per heavy atom. The molecule has 1 N–H and O–H groups in total. The molecule has 0 radical (unpaired) electrons. The predicted octanol–water partition coefficient (Wildman–Crippen LogP) is 4.47. The highest BCUT2D eigenvalue weighted by Crippen LogP contribution is 2.50. The van der Waals surface area contributed by atoms with Gasteiger partial charge >= 0.3 is 0 Å². The molecule has 5 atom stereocenters. The van der Waals surface area contributed by atoms with Crippen LogP contribution in [-0.4, -0.2) is 44.9 Å². The van der Waals surface area contributed by atoms with Gasteiger partial charge in [0, 0.05) is 49.5 Å². The van der Waals surface area contributed by atoms with Gasteiger partial charge in [0.05, 0.1) is 32.1 Å². The molecule has 1 aromatic carbocycles. The number of carbonyl (C=O) groups is 1. The van der Waals surface area contributed by atoms with E-state index in [1.807, 2.05) is 0 Å². The molecule has 0 unspecified atom stereocenters. The first kappa shape index (κ1) is 22.3. The number of carbonyl (C=O) groups excluding carboxylic acids is 1. The Bertz CT molecular complexity index is 807. The average molecular weight is 431 g/mol. The second kappa shape index (κ2) is 8.89. The molecule has 2 heterocycles. The number of nitrogens with one attached hydrogen (secondary N) is 1. The van der Waals surface area contributed by atoms with Crippen molar-refractivity contribution in [3.63, 3.8) is 0 Å². The summed E-state index contributed by atoms with van der Waals surface area (Å²) in [5.74, 6) is 2.69. The molecule has 0 spiro atoms. The normalized spacial score (nSPS) is 33.0.